The summed E-state index contributed by atoms with van der Waals surface area (Å²) >= 11 is 5.84. The molecule has 0 radical (unpaired) electrons. The molecule has 2 aromatic rings. The SMILES string of the molecule is FC(F)(F)c1cc(-c2ccc(Cl)cc2)nc(NC2CCCCC2)n1. The number of benzene rings is 1. The Balaban J connectivity index is 1.95. The molecule has 0 unspecified atom stereocenters. The lowest BCUT2D eigenvalue weighted by Crippen LogP contribution is -2.24. The molecule has 1 aromatic carbocycles. The Kier molecular flexibility index (Phi) is 4.94. The number of halogens is 4. The molecule has 7 heteroatoms. The van der Waals surface area contributed by atoms with Gasteiger partial charge in [0.1, 0.15) is 0 Å². The minimum absolute atomic E-state index is 0.0293. The average molecular weight is 356 g/mol. The van der Waals surface area contributed by atoms with E-state index in [0.29, 0.717) is 10.6 Å². The van der Waals surface area contributed by atoms with Gasteiger partial charge in [-0.2, -0.15) is 13.2 Å². The van der Waals surface area contributed by atoms with Gasteiger partial charge >= 0.3 is 6.18 Å². The van der Waals surface area contributed by atoms with Gasteiger partial charge in [-0.25, -0.2) is 9.97 Å². The molecule has 1 saturated carbocycles. The van der Waals surface area contributed by atoms with Crippen LogP contribution in [0.5, 0.6) is 0 Å². The molecule has 0 aliphatic heterocycles. The summed E-state index contributed by atoms with van der Waals surface area (Å²) in [5.74, 6) is 0.0293. The van der Waals surface area contributed by atoms with E-state index < -0.39 is 11.9 Å². The molecule has 3 nitrogen and oxygen atoms in total. The van der Waals surface area contributed by atoms with Crippen LogP contribution in [0.4, 0.5) is 19.1 Å². The highest BCUT2D eigenvalue weighted by Crippen LogP contribution is 2.32. The van der Waals surface area contributed by atoms with Crippen molar-refractivity contribution < 1.29 is 13.2 Å². The van der Waals surface area contributed by atoms with Crippen LogP contribution in [0.25, 0.3) is 11.3 Å². The third-order valence-electron chi connectivity index (χ3n) is 4.09. The summed E-state index contributed by atoms with van der Waals surface area (Å²) in [6.07, 6.45) is 0.637. The number of nitrogens with zero attached hydrogens (tertiary/aromatic N) is 2. The van der Waals surface area contributed by atoms with Crippen LogP contribution in [0.3, 0.4) is 0 Å². The fourth-order valence-corrected chi connectivity index (χ4v) is 2.98. The monoisotopic (exact) mass is 355 g/mol. The Bertz CT molecular complexity index is 695. The van der Waals surface area contributed by atoms with Crippen molar-refractivity contribution in [2.45, 2.75) is 44.3 Å². The lowest BCUT2D eigenvalue weighted by Gasteiger charge is -2.23. The molecule has 24 heavy (non-hydrogen) atoms. The van der Waals surface area contributed by atoms with Gasteiger partial charge in [0.15, 0.2) is 5.69 Å². The highest BCUT2D eigenvalue weighted by atomic mass is 35.5. The number of hydrogen-bond acceptors (Lipinski definition) is 3. The quantitative estimate of drug-likeness (QED) is 0.783. The normalized spacial score (nSPS) is 16.2. The van der Waals surface area contributed by atoms with Crippen molar-refractivity contribution in [3.05, 3.63) is 41.0 Å². The van der Waals surface area contributed by atoms with E-state index in [9.17, 15) is 13.2 Å². The summed E-state index contributed by atoms with van der Waals surface area (Å²) in [6.45, 7) is 0. The van der Waals surface area contributed by atoms with Crippen molar-refractivity contribution >= 4 is 17.5 Å². The minimum Gasteiger partial charge on any atom is -0.351 e. The van der Waals surface area contributed by atoms with Crippen molar-refractivity contribution in [2.75, 3.05) is 5.32 Å². The highest BCUT2D eigenvalue weighted by molar-refractivity contribution is 6.30. The van der Waals surface area contributed by atoms with Gasteiger partial charge in [-0.05, 0) is 31.0 Å². The number of aromatic nitrogens is 2. The number of alkyl halides is 3. The van der Waals surface area contributed by atoms with Crippen molar-refractivity contribution in [3.8, 4) is 11.3 Å². The zero-order chi connectivity index (χ0) is 17.2. The van der Waals surface area contributed by atoms with Gasteiger partial charge in [0.05, 0.1) is 5.69 Å². The lowest BCUT2D eigenvalue weighted by molar-refractivity contribution is -0.141. The molecule has 1 heterocycles. The third kappa shape index (κ3) is 4.17. The molecule has 3 rings (SSSR count). The second kappa shape index (κ2) is 6.97. The van der Waals surface area contributed by atoms with Gasteiger partial charge in [-0.3, -0.25) is 0 Å². The Labute approximate surface area is 143 Å². The van der Waals surface area contributed by atoms with Crippen LogP contribution in [0, 0.1) is 0 Å². The van der Waals surface area contributed by atoms with E-state index >= 15 is 0 Å². The second-order valence-corrected chi connectivity index (χ2v) is 6.38. The molecule has 1 aliphatic carbocycles. The molecule has 0 atom stereocenters. The summed E-state index contributed by atoms with van der Waals surface area (Å²) in [7, 11) is 0. The maximum Gasteiger partial charge on any atom is 0.433 e. The van der Waals surface area contributed by atoms with E-state index in [-0.39, 0.29) is 17.7 Å². The molecule has 1 aromatic heterocycles. The zero-order valence-electron chi connectivity index (χ0n) is 12.9. The van der Waals surface area contributed by atoms with Crippen LogP contribution < -0.4 is 5.32 Å². The van der Waals surface area contributed by atoms with E-state index in [1.165, 1.54) is 0 Å². The molecule has 0 amide bonds. The molecule has 1 N–H and O–H groups in total. The van der Waals surface area contributed by atoms with Crippen LogP contribution in [-0.2, 0) is 6.18 Å². The summed E-state index contributed by atoms with van der Waals surface area (Å²) in [5.41, 5.74) is -0.146. The van der Waals surface area contributed by atoms with Crippen LogP contribution in [0.15, 0.2) is 30.3 Å². The maximum absolute atomic E-state index is 13.2. The highest BCUT2D eigenvalue weighted by Gasteiger charge is 2.34. The summed E-state index contributed by atoms with van der Waals surface area (Å²) in [4.78, 5) is 7.94. The van der Waals surface area contributed by atoms with E-state index in [2.05, 4.69) is 15.3 Å². The van der Waals surface area contributed by atoms with Gasteiger partial charge in [-0.15, -0.1) is 0 Å². The smallest absolute Gasteiger partial charge is 0.351 e. The number of nitrogens with one attached hydrogen (secondary N) is 1. The number of anilines is 1. The molecule has 1 fully saturated rings. The standard InChI is InChI=1S/C17H17ClF3N3/c18-12-8-6-11(7-9-12)14-10-15(17(19,20)21)24-16(23-14)22-13-4-2-1-3-5-13/h6-10,13H,1-5H2,(H,22,23,24). The van der Waals surface area contributed by atoms with Gasteiger partial charge in [0.25, 0.3) is 0 Å². The summed E-state index contributed by atoms with van der Waals surface area (Å²) < 4.78 is 39.5. The van der Waals surface area contributed by atoms with Crippen LogP contribution in [0.2, 0.25) is 5.02 Å². The van der Waals surface area contributed by atoms with E-state index in [4.69, 9.17) is 11.6 Å². The number of hydrogen-bond donors (Lipinski definition) is 1. The molecule has 0 spiro atoms. The first-order valence-electron chi connectivity index (χ1n) is 7.90. The molecule has 128 valence electrons. The van der Waals surface area contributed by atoms with Crippen molar-refractivity contribution in [3.63, 3.8) is 0 Å². The summed E-state index contributed by atoms with van der Waals surface area (Å²) in [5, 5.41) is 3.58. The molecular weight excluding hydrogens is 339 g/mol. The van der Waals surface area contributed by atoms with E-state index in [1.807, 2.05) is 0 Å². The predicted molar refractivity (Wildman–Crippen MR) is 88.0 cm³/mol. The largest absolute Gasteiger partial charge is 0.433 e. The minimum atomic E-state index is -4.52. The topological polar surface area (TPSA) is 37.8 Å². The van der Waals surface area contributed by atoms with E-state index in [0.717, 1.165) is 38.2 Å². The fraction of sp³-hybridized carbons (Fsp3) is 0.412. The summed E-state index contributed by atoms with van der Waals surface area (Å²) in [6, 6.07) is 7.64. The van der Waals surface area contributed by atoms with Crippen LogP contribution in [0.1, 0.15) is 37.8 Å². The Morgan fingerprint density at radius 3 is 2.29 bits per heavy atom. The van der Waals surface area contributed by atoms with Gasteiger partial charge in [-0.1, -0.05) is 43.0 Å². The zero-order valence-corrected chi connectivity index (χ0v) is 13.7. The van der Waals surface area contributed by atoms with Crippen LogP contribution in [-0.4, -0.2) is 16.0 Å². The van der Waals surface area contributed by atoms with Gasteiger partial charge < -0.3 is 5.32 Å². The maximum atomic E-state index is 13.2. The van der Waals surface area contributed by atoms with Crippen molar-refractivity contribution in [2.24, 2.45) is 0 Å². The second-order valence-electron chi connectivity index (χ2n) is 5.95. The van der Waals surface area contributed by atoms with Crippen molar-refractivity contribution in [1.82, 2.24) is 9.97 Å². The Hall–Kier alpha value is -1.82. The molecular formula is C17H17ClF3N3. The molecule has 1 aliphatic rings. The Morgan fingerprint density at radius 1 is 1.00 bits per heavy atom. The first-order valence-corrected chi connectivity index (χ1v) is 8.28. The van der Waals surface area contributed by atoms with Gasteiger partial charge in [0.2, 0.25) is 5.95 Å². The first kappa shape index (κ1) is 17.0. The Morgan fingerprint density at radius 2 is 1.67 bits per heavy atom. The molecule has 0 saturated heterocycles. The molecule has 0 bridgehead atoms. The first-order chi connectivity index (χ1) is 11.4. The predicted octanol–water partition coefficient (Wildman–Crippen LogP) is 5.56. The lowest BCUT2D eigenvalue weighted by atomic mass is 9.96. The number of rotatable bonds is 3. The van der Waals surface area contributed by atoms with Gasteiger partial charge in [0, 0.05) is 16.6 Å². The van der Waals surface area contributed by atoms with Crippen LogP contribution >= 0.6 is 11.6 Å². The fourth-order valence-electron chi connectivity index (χ4n) is 2.86. The third-order valence-corrected chi connectivity index (χ3v) is 4.35. The van der Waals surface area contributed by atoms with Crippen molar-refractivity contribution in [1.29, 1.82) is 0 Å². The average Bonchev–Trinajstić information content (AvgIpc) is 2.55. The van der Waals surface area contributed by atoms with E-state index in [1.54, 1.807) is 24.3 Å².